The van der Waals surface area contributed by atoms with Crippen molar-refractivity contribution in [1.82, 2.24) is 4.90 Å². The molecule has 0 radical (unpaired) electrons. The maximum absolute atomic E-state index is 13.0. The standard InChI is InChI=1S/C23H30N2O3/c1-15-8-7-9-18(23(2,3)4)21(15)24-22(26)25-11-10-16-12-19(27-5)20(28-6)13-17(16)14-25/h7-9,12-13H,10-11,14H2,1-6H3,(H,24,26). The average Bonchev–Trinajstić information content (AvgIpc) is 2.66. The summed E-state index contributed by atoms with van der Waals surface area (Å²) in [6.07, 6.45) is 0.795. The summed E-state index contributed by atoms with van der Waals surface area (Å²) >= 11 is 0. The molecule has 0 fully saturated rings. The number of anilines is 1. The molecular formula is C23H30N2O3. The van der Waals surface area contributed by atoms with E-state index >= 15 is 0 Å². The van der Waals surface area contributed by atoms with E-state index in [1.807, 2.05) is 36.1 Å². The number of nitrogens with zero attached hydrogens (tertiary/aromatic N) is 1. The summed E-state index contributed by atoms with van der Waals surface area (Å²) in [5.74, 6) is 1.42. The Kier molecular flexibility index (Phi) is 5.54. The third kappa shape index (κ3) is 3.93. The van der Waals surface area contributed by atoms with Gasteiger partial charge in [-0.15, -0.1) is 0 Å². The molecular weight excluding hydrogens is 352 g/mol. The summed E-state index contributed by atoms with van der Waals surface area (Å²) in [6.45, 7) is 9.74. The van der Waals surface area contributed by atoms with Crippen molar-refractivity contribution in [2.75, 3.05) is 26.1 Å². The van der Waals surface area contributed by atoms with Crippen molar-refractivity contribution in [2.24, 2.45) is 0 Å². The van der Waals surface area contributed by atoms with Crippen molar-refractivity contribution in [3.05, 3.63) is 52.6 Å². The number of urea groups is 1. The number of methoxy groups -OCH3 is 2. The second kappa shape index (κ2) is 7.74. The first-order valence-electron chi connectivity index (χ1n) is 9.64. The zero-order valence-electron chi connectivity index (χ0n) is 17.7. The number of benzene rings is 2. The van der Waals surface area contributed by atoms with Gasteiger partial charge in [0, 0.05) is 18.8 Å². The van der Waals surface area contributed by atoms with Crippen molar-refractivity contribution in [1.29, 1.82) is 0 Å². The molecule has 0 aromatic heterocycles. The maximum atomic E-state index is 13.0. The predicted molar refractivity (Wildman–Crippen MR) is 113 cm³/mol. The van der Waals surface area contributed by atoms with Crippen LogP contribution in [0, 0.1) is 6.92 Å². The van der Waals surface area contributed by atoms with Gasteiger partial charge in [-0.25, -0.2) is 4.79 Å². The number of fused-ring (bicyclic) bond motifs is 1. The number of rotatable bonds is 3. The molecule has 5 nitrogen and oxygen atoms in total. The fourth-order valence-electron chi connectivity index (χ4n) is 3.70. The molecule has 2 aromatic rings. The van der Waals surface area contributed by atoms with E-state index in [-0.39, 0.29) is 11.4 Å². The quantitative estimate of drug-likeness (QED) is 0.821. The van der Waals surface area contributed by atoms with Crippen LogP contribution in [0.1, 0.15) is 43.0 Å². The summed E-state index contributed by atoms with van der Waals surface area (Å²) in [7, 11) is 3.27. The molecule has 150 valence electrons. The third-order valence-corrected chi connectivity index (χ3v) is 5.32. The summed E-state index contributed by atoms with van der Waals surface area (Å²) in [4.78, 5) is 14.9. The molecule has 3 rings (SSSR count). The van der Waals surface area contributed by atoms with E-state index in [0.717, 1.165) is 34.5 Å². The van der Waals surface area contributed by atoms with Gasteiger partial charge in [-0.3, -0.25) is 0 Å². The van der Waals surface area contributed by atoms with Crippen molar-refractivity contribution < 1.29 is 14.3 Å². The first kappa shape index (κ1) is 20.1. The second-order valence-electron chi connectivity index (χ2n) is 8.33. The third-order valence-electron chi connectivity index (χ3n) is 5.32. The molecule has 0 bridgehead atoms. The number of hydrogen-bond acceptors (Lipinski definition) is 3. The van der Waals surface area contributed by atoms with E-state index in [1.54, 1.807) is 14.2 Å². The summed E-state index contributed by atoms with van der Waals surface area (Å²) in [6, 6.07) is 10.1. The van der Waals surface area contributed by atoms with E-state index < -0.39 is 0 Å². The zero-order valence-corrected chi connectivity index (χ0v) is 17.7. The molecule has 0 atom stereocenters. The lowest BCUT2D eigenvalue weighted by Gasteiger charge is -2.31. The number of amides is 2. The Morgan fingerprint density at radius 3 is 2.32 bits per heavy atom. The van der Waals surface area contributed by atoms with Gasteiger partial charge < -0.3 is 19.7 Å². The van der Waals surface area contributed by atoms with Gasteiger partial charge in [0.05, 0.1) is 14.2 Å². The lowest BCUT2D eigenvalue weighted by Crippen LogP contribution is -2.39. The Balaban J connectivity index is 1.83. The van der Waals surface area contributed by atoms with Crippen LogP contribution >= 0.6 is 0 Å². The smallest absolute Gasteiger partial charge is 0.322 e. The average molecular weight is 383 g/mol. The molecule has 0 spiro atoms. The Bertz CT molecular complexity index is 884. The molecule has 0 unspecified atom stereocenters. The molecule has 1 aliphatic rings. The number of hydrogen-bond donors (Lipinski definition) is 1. The van der Waals surface area contributed by atoms with Crippen molar-refractivity contribution in [2.45, 2.75) is 46.1 Å². The van der Waals surface area contributed by atoms with Crippen LogP contribution in [0.3, 0.4) is 0 Å². The Hall–Kier alpha value is -2.69. The summed E-state index contributed by atoms with van der Waals surface area (Å²) in [5, 5.41) is 3.17. The van der Waals surface area contributed by atoms with Crippen molar-refractivity contribution >= 4 is 11.7 Å². The van der Waals surface area contributed by atoms with Gasteiger partial charge in [-0.1, -0.05) is 39.0 Å². The van der Waals surface area contributed by atoms with Crippen LogP contribution in [-0.2, 0) is 18.4 Å². The number of carbonyl (C=O) groups excluding carboxylic acids is 1. The van der Waals surface area contributed by atoms with Crippen LogP contribution in [0.4, 0.5) is 10.5 Å². The van der Waals surface area contributed by atoms with Crippen molar-refractivity contribution in [3.8, 4) is 11.5 Å². The van der Waals surface area contributed by atoms with Crippen LogP contribution in [0.15, 0.2) is 30.3 Å². The molecule has 1 N–H and O–H groups in total. The monoisotopic (exact) mass is 382 g/mol. The van der Waals surface area contributed by atoms with Gasteiger partial charge in [0.15, 0.2) is 11.5 Å². The Morgan fingerprint density at radius 1 is 1.07 bits per heavy atom. The van der Waals surface area contributed by atoms with Gasteiger partial charge in [0.25, 0.3) is 0 Å². The van der Waals surface area contributed by atoms with Crippen LogP contribution in [-0.4, -0.2) is 31.7 Å². The van der Waals surface area contributed by atoms with Crippen LogP contribution in [0.2, 0.25) is 0 Å². The normalized spacial score (nSPS) is 13.7. The highest BCUT2D eigenvalue weighted by Crippen LogP contribution is 2.34. The lowest BCUT2D eigenvalue weighted by atomic mass is 9.84. The first-order valence-corrected chi connectivity index (χ1v) is 9.64. The molecule has 2 aromatic carbocycles. The summed E-state index contributed by atoms with van der Waals surface area (Å²) < 4.78 is 10.8. The van der Waals surface area contributed by atoms with Gasteiger partial charge in [-0.05, 0) is 53.1 Å². The molecule has 2 amide bonds. The highest BCUT2D eigenvalue weighted by atomic mass is 16.5. The Morgan fingerprint density at radius 2 is 1.71 bits per heavy atom. The molecule has 0 saturated heterocycles. The predicted octanol–water partition coefficient (Wildman–Crippen LogP) is 4.90. The molecule has 28 heavy (non-hydrogen) atoms. The van der Waals surface area contributed by atoms with Gasteiger partial charge in [0.2, 0.25) is 0 Å². The maximum Gasteiger partial charge on any atom is 0.322 e. The minimum Gasteiger partial charge on any atom is -0.493 e. The molecule has 1 heterocycles. The van der Waals surface area contributed by atoms with Crippen LogP contribution in [0.25, 0.3) is 0 Å². The molecule has 0 saturated carbocycles. The van der Waals surface area contributed by atoms with Crippen LogP contribution in [0.5, 0.6) is 11.5 Å². The van der Waals surface area contributed by atoms with E-state index in [9.17, 15) is 4.79 Å². The summed E-state index contributed by atoms with van der Waals surface area (Å²) in [5.41, 5.74) is 5.38. The Labute approximate surface area is 167 Å². The van der Waals surface area contributed by atoms with Crippen molar-refractivity contribution in [3.63, 3.8) is 0 Å². The van der Waals surface area contributed by atoms with E-state index in [0.29, 0.717) is 18.8 Å². The molecule has 5 heteroatoms. The number of carbonyl (C=O) groups is 1. The second-order valence-corrected chi connectivity index (χ2v) is 8.33. The number of ether oxygens (including phenoxy) is 2. The number of para-hydroxylation sites is 1. The minimum atomic E-state index is -0.0692. The molecule has 0 aliphatic carbocycles. The van der Waals surface area contributed by atoms with E-state index in [4.69, 9.17) is 9.47 Å². The topological polar surface area (TPSA) is 50.8 Å². The number of aryl methyl sites for hydroxylation is 1. The van der Waals surface area contributed by atoms with Crippen LogP contribution < -0.4 is 14.8 Å². The highest BCUT2D eigenvalue weighted by Gasteiger charge is 2.25. The lowest BCUT2D eigenvalue weighted by molar-refractivity contribution is 0.206. The van der Waals surface area contributed by atoms with E-state index in [2.05, 4.69) is 32.2 Å². The van der Waals surface area contributed by atoms with Gasteiger partial charge in [-0.2, -0.15) is 0 Å². The zero-order chi connectivity index (χ0) is 20.5. The SMILES string of the molecule is COc1cc2c(cc1OC)CN(C(=O)Nc1c(C)cccc1C(C)(C)C)CC2. The minimum absolute atomic E-state index is 0.0486. The van der Waals surface area contributed by atoms with E-state index in [1.165, 1.54) is 5.56 Å². The largest absolute Gasteiger partial charge is 0.493 e. The number of nitrogens with one attached hydrogen (secondary N) is 1. The highest BCUT2D eigenvalue weighted by molar-refractivity contribution is 5.91. The fraction of sp³-hybridized carbons (Fsp3) is 0.435. The fourth-order valence-corrected chi connectivity index (χ4v) is 3.70. The van der Waals surface area contributed by atoms with Gasteiger partial charge in [0.1, 0.15) is 0 Å². The molecule has 1 aliphatic heterocycles. The first-order chi connectivity index (χ1) is 13.2. The van der Waals surface area contributed by atoms with Gasteiger partial charge >= 0.3 is 6.03 Å².